The second kappa shape index (κ2) is 5.15. The number of nitrogens with one attached hydrogen (secondary N) is 1. The summed E-state index contributed by atoms with van der Waals surface area (Å²) in [6.45, 7) is 4.29. The number of likely N-dealkylation sites (tertiary alicyclic amines) is 1. The van der Waals surface area contributed by atoms with Crippen LogP contribution in [-0.4, -0.2) is 43.9 Å². The minimum Gasteiger partial charge on any atom is -0.480 e. The monoisotopic (exact) mass is 280 g/mol. The Balaban J connectivity index is 2.02. The third-order valence-corrected chi connectivity index (χ3v) is 3.89. The number of rotatable bonds is 3. The van der Waals surface area contributed by atoms with Crippen LogP contribution < -0.4 is 5.32 Å². The number of aliphatic carboxylic acids is 1. The highest BCUT2D eigenvalue weighted by molar-refractivity contribution is 5.86. The molecule has 20 heavy (non-hydrogen) atoms. The third kappa shape index (κ3) is 2.48. The first-order chi connectivity index (χ1) is 9.34. The van der Waals surface area contributed by atoms with Gasteiger partial charge in [-0.05, 0) is 26.7 Å². The number of hydrogen-bond acceptors (Lipinski definition) is 3. The van der Waals surface area contributed by atoms with Crippen molar-refractivity contribution in [2.24, 2.45) is 7.05 Å². The summed E-state index contributed by atoms with van der Waals surface area (Å²) < 4.78 is 1.69. The van der Waals surface area contributed by atoms with Gasteiger partial charge in [0.2, 0.25) is 0 Å². The molecule has 2 rings (SSSR count). The van der Waals surface area contributed by atoms with E-state index in [2.05, 4.69) is 10.4 Å². The lowest BCUT2D eigenvalue weighted by Gasteiger charge is -2.31. The van der Waals surface area contributed by atoms with Gasteiger partial charge < -0.3 is 15.3 Å². The molecule has 0 bridgehead atoms. The fraction of sp³-hybridized carbons (Fsp3) is 0.615. The molecule has 1 saturated heterocycles. The molecule has 0 aliphatic carbocycles. The Morgan fingerprint density at radius 2 is 2.25 bits per heavy atom. The summed E-state index contributed by atoms with van der Waals surface area (Å²) in [6, 6.07) is -0.337. The molecule has 0 saturated carbocycles. The number of aromatic nitrogens is 2. The molecule has 7 heteroatoms. The topological polar surface area (TPSA) is 87.5 Å². The Kier molecular flexibility index (Phi) is 3.69. The van der Waals surface area contributed by atoms with E-state index in [1.807, 2.05) is 20.2 Å². The number of amides is 2. The van der Waals surface area contributed by atoms with E-state index in [0.717, 1.165) is 11.3 Å². The summed E-state index contributed by atoms with van der Waals surface area (Å²) in [4.78, 5) is 24.9. The van der Waals surface area contributed by atoms with E-state index in [9.17, 15) is 14.7 Å². The molecule has 1 fully saturated rings. The highest BCUT2D eigenvalue weighted by Crippen LogP contribution is 2.29. The average Bonchev–Trinajstić information content (AvgIpc) is 2.90. The average molecular weight is 280 g/mol. The van der Waals surface area contributed by atoms with Crippen molar-refractivity contribution in [3.63, 3.8) is 0 Å². The van der Waals surface area contributed by atoms with Crippen molar-refractivity contribution >= 4 is 12.0 Å². The lowest BCUT2D eigenvalue weighted by atomic mass is 10.00. The molecule has 1 aliphatic rings. The second-order valence-corrected chi connectivity index (χ2v) is 5.41. The van der Waals surface area contributed by atoms with E-state index in [0.29, 0.717) is 25.9 Å². The summed E-state index contributed by atoms with van der Waals surface area (Å²) in [7, 11) is 1.82. The zero-order valence-electron chi connectivity index (χ0n) is 12.0. The van der Waals surface area contributed by atoms with Crippen LogP contribution in [0.2, 0.25) is 0 Å². The minimum absolute atomic E-state index is 0.337. The second-order valence-electron chi connectivity index (χ2n) is 5.41. The number of nitrogens with zero attached hydrogens (tertiary/aromatic N) is 3. The molecule has 1 aromatic rings. The van der Waals surface area contributed by atoms with Gasteiger partial charge in [0.25, 0.3) is 0 Å². The minimum atomic E-state index is -1.10. The van der Waals surface area contributed by atoms with E-state index < -0.39 is 11.5 Å². The van der Waals surface area contributed by atoms with Crippen LogP contribution in [0.3, 0.4) is 0 Å². The summed E-state index contributed by atoms with van der Waals surface area (Å²) in [6.07, 6.45) is 3.04. The Morgan fingerprint density at radius 1 is 1.55 bits per heavy atom. The number of urea groups is 1. The normalized spacial score (nSPS) is 22.1. The van der Waals surface area contributed by atoms with Crippen molar-refractivity contribution in [1.82, 2.24) is 20.0 Å². The summed E-state index contributed by atoms with van der Waals surface area (Å²) in [5.41, 5.74) is 0.681. The molecule has 1 unspecified atom stereocenters. The maximum Gasteiger partial charge on any atom is 0.329 e. The molecule has 2 heterocycles. The molecule has 110 valence electrons. The van der Waals surface area contributed by atoms with E-state index in [1.165, 1.54) is 4.90 Å². The molecule has 1 atom stereocenters. The molecule has 1 aliphatic heterocycles. The van der Waals surface area contributed by atoms with Crippen molar-refractivity contribution in [3.8, 4) is 0 Å². The summed E-state index contributed by atoms with van der Waals surface area (Å²) >= 11 is 0. The Hall–Kier alpha value is -2.05. The first-order valence-corrected chi connectivity index (χ1v) is 6.62. The highest BCUT2D eigenvalue weighted by atomic mass is 16.4. The Bertz CT molecular complexity index is 540. The van der Waals surface area contributed by atoms with Gasteiger partial charge in [-0.3, -0.25) is 4.68 Å². The predicted octanol–water partition coefficient (Wildman–Crippen LogP) is 0.877. The van der Waals surface area contributed by atoms with Crippen molar-refractivity contribution in [2.75, 3.05) is 6.54 Å². The number of aryl methyl sites for hydroxylation is 2. The number of carboxylic acids is 1. The van der Waals surface area contributed by atoms with Crippen LogP contribution >= 0.6 is 0 Å². The highest BCUT2D eigenvalue weighted by Gasteiger charge is 2.45. The molecule has 7 nitrogen and oxygen atoms in total. The zero-order valence-corrected chi connectivity index (χ0v) is 12.0. The molecule has 0 aromatic carbocycles. The van der Waals surface area contributed by atoms with Crippen LogP contribution in [0.4, 0.5) is 4.79 Å². The number of carbonyl (C=O) groups excluding carboxylic acids is 1. The van der Waals surface area contributed by atoms with Gasteiger partial charge in [-0.25, -0.2) is 9.59 Å². The summed E-state index contributed by atoms with van der Waals surface area (Å²) in [5, 5.41) is 16.3. The molecule has 2 N–H and O–H groups in total. The van der Waals surface area contributed by atoms with Crippen LogP contribution in [0.5, 0.6) is 0 Å². The lowest BCUT2D eigenvalue weighted by Crippen LogP contribution is -2.53. The van der Waals surface area contributed by atoms with E-state index in [-0.39, 0.29) is 6.03 Å². The number of hydrogen-bond donors (Lipinski definition) is 2. The first-order valence-electron chi connectivity index (χ1n) is 6.62. The van der Waals surface area contributed by atoms with Crippen molar-refractivity contribution in [1.29, 1.82) is 0 Å². The zero-order chi connectivity index (χ0) is 14.9. The molecule has 0 radical (unpaired) electrons. The molecule has 0 spiro atoms. The van der Waals surface area contributed by atoms with Gasteiger partial charge >= 0.3 is 12.0 Å². The summed E-state index contributed by atoms with van der Waals surface area (Å²) in [5.74, 6) is -0.956. The maximum absolute atomic E-state index is 12.2. The van der Waals surface area contributed by atoms with Gasteiger partial charge in [-0.15, -0.1) is 0 Å². The van der Waals surface area contributed by atoms with Gasteiger partial charge in [0.15, 0.2) is 0 Å². The number of carboxylic acid groups (broad SMARTS) is 1. The smallest absolute Gasteiger partial charge is 0.329 e. The van der Waals surface area contributed by atoms with Crippen molar-refractivity contribution in [2.45, 2.75) is 38.8 Å². The Morgan fingerprint density at radius 3 is 2.80 bits per heavy atom. The molecular formula is C13H20N4O3. The van der Waals surface area contributed by atoms with Gasteiger partial charge in [0, 0.05) is 31.9 Å². The van der Waals surface area contributed by atoms with Gasteiger partial charge in [0.1, 0.15) is 5.54 Å². The van der Waals surface area contributed by atoms with Crippen LogP contribution in [-0.2, 0) is 18.4 Å². The van der Waals surface area contributed by atoms with Crippen LogP contribution in [0, 0.1) is 6.92 Å². The van der Waals surface area contributed by atoms with E-state index in [1.54, 1.807) is 11.6 Å². The van der Waals surface area contributed by atoms with Crippen molar-refractivity contribution < 1.29 is 14.7 Å². The van der Waals surface area contributed by atoms with Crippen molar-refractivity contribution in [3.05, 3.63) is 17.5 Å². The Labute approximate surface area is 117 Å². The number of carbonyl (C=O) groups is 2. The first kappa shape index (κ1) is 14.4. The standard InChI is InChI=1S/C13H20N4O3/c1-9-10(8-16(3)15-9)7-14-12(20)17-6-4-5-13(17,2)11(18)19/h8H,4-7H2,1-3H3,(H,14,20)(H,18,19). The van der Waals surface area contributed by atoms with E-state index in [4.69, 9.17) is 0 Å². The van der Waals surface area contributed by atoms with E-state index >= 15 is 0 Å². The van der Waals surface area contributed by atoms with Gasteiger partial charge in [0.05, 0.1) is 5.69 Å². The third-order valence-electron chi connectivity index (χ3n) is 3.89. The SMILES string of the molecule is Cc1nn(C)cc1CNC(=O)N1CCCC1(C)C(=O)O. The fourth-order valence-electron chi connectivity index (χ4n) is 2.60. The fourth-order valence-corrected chi connectivity index (χ4v) is 2.60. The quantitative estimate of drug-likeness (QED) is 0.860. The van der Waals surface area contributed by atoms with Crippen LogP contribution in [0.1, 0.15) is 31.0 Å². The van der Waals surface area contributed by atoms with Crippen LogP contribution in [0.25, 0.3) is 0 Å². The lowest BCUT2D eigenvalue weighted by molar-refractivity contribution is -0.147. The van der Waals surface area contributed by atoms with Gasteiger partial charge in [-0.1, -0.05) is 0 Å². The molecule has 2 amide bonds. The maximum atomic E-state index is 12.2. The molecular weight excluding hydrogens is 260 g/mol. The largest absolute Gasteiger partial charge is 0.480 e. The van der Waals surface area contributed by atoms with Crippen LogP contribution in [0.15, 0.2) is 6.20 Å². The predicted molar refractivity (Wildman–Crippen MR) is 72.2 cm³/mol. The van der Waals surface area contributed by atoms with Gasteiger partial charge in [-0.2, -0.15) is 5.10 Å². The molecule has 1 aromatic heterocycles.